The maximum atomic E-state index is 5.90. The third-order valence-electron chi connectivity index (χ3n) is 2.42. The number of rotatable bonds is 2. The van der Waals surface area contributed by atoms with E-state index in [0.717, 1.165) is 21.9 Å². The van der Waals surface area contributed by atoms with Crippen LogP contribution in [0.4, 0.5) is 0 Å². The van der Waals surface area contributed by atoms with Crippen molar-refractivity contribution in [1.82, 2.24) is 0 Å². The fourth-order valence-electron chi connectivity index (χ4n) is 1.65. The van der Waals surface area contributed by atoms with E-state index in [9.17, 15) is 0 Å². The number of alkyl halides is 4. The molecule has 0 spiro atoms. The van der Waals surface area contributed by atoms with Gasteiger partial charge in [0.25, 0.3) is 0 Å². The molecule has 0 amide bonds. The first-order valence-electron chi connectivity index (χ1n) is 4.68. The van der Waals surface area contributed by atoms with Gasteiger partial charge in [0.15, 0.2) is 0 Å². The highest BCUT2D eigenvalue weighted by Crippen LogP contribution is 2.38. The minimum absolute atomic E-state index is 0.625. The van der Waals surface area contributed by atoms with Gasteiger partial charge in [-0.1, -0.05) is 24.3 Å². The maximum Gasteiger partial charge on any atom is 0.133 e. The largest absolute Gasteiger partial charge is 0.133 e. The van der Waals surface area contributed by atoms with E-state index in [1.54, 1.807) is 0 Å². The second-order valence-electron chi connectivity index (χ2n) is 3.43. The molecule has 0 aromatic heterocycles. The van der Waals surface area contributed by atoms with Gasteiger partial charge in [0.2, 0.25) is 0 Å². The van der Waals surface area contributed by atoms with Crippen molar-refractivity contribution in [3.05, 3.63) is 47.5 Å². The molecule has 0 aliphatic rings. The molecule has 4 heteroatoms. The predicted octanol–water partition coefficient (Wildman–Crippen LogP) is 5.79. The van der Waals surface area contributed by atoms with Gasteiger partial charge in [0.1, 0.15) is 9.67 Å². The molecule has 0 saturated carbocycles. The molecule has 0 fully saturated rings. The van der Waals surface area contributed by atoms with Crippen LogP contribution in [0.3, 0.4) is 0 Å². The van der Waals surface area contributed by atoms with Gasteiger partial charge in [0, 0.05) is 0 Å². The number of fused-ring (bicyclic) bond motifs is 1. The first-order valence-corrected chi connectivity index (χ1v) is 6.43. The van der Waals surface area contributed by atoms with Gasteiger partial charge in [-0.25, -0.2) is 0 Å². The summed E-state index contributed by atoms with van der Waals surface area (Å²) >= 11 is 23.6. The van der Waals surface area contributed by atoms with Crippen LogP contribution in [0.15, 0.2) is 36.4 Å². The molecular formula is C12H8Cl4. The first kappa shape index (κ1) is 12.3. The standard InChI is InChI=1S/C12H8Cl4/c13-11(14)9-5-7-3-1-2-4-8(7)6-10(9)12(15)16/h1-6,11-12H. The molecule has 0 bridgehead atoms. The van der Waals surface area contributed by atoms with Gasteiger partial charge >= 0.3 is 0 Å². The SMILES string of the molecule is ClC(Cl)c1cc2ccccc2cc1C(Cl)Cl. The van der Waals surface area contributed by atoms with Gasteiger partial charge in [-0.15, -0.1) is 46.4 Å². The highest BCUT2D eigenvalue weighted by molar-refractivity contribution is 6.46. The summed E-state index contributed by atoms with van der Waals surface area (Å²) in [4.78, 5) is -1.25. The molecule has 16 heavy (non-hydrogen) atoms. The Balaban J connectivity index is 2.71. The van der Waals surface area contributed by atoms with Crippen LogP contribution < -0.4 is 0 Å². The highest BCUT2D eigenvalue weighted by Gasteiger charge is 2.15. The van der Waals surface area contributed by atoms with Gasteiger partial charge in [-0.2, -0.15) is 0 Å². The smallest absolute Gasteiger partial charge is 0.100 e. The number of hydrogen-bond donors (Lipinski definition) is 0. The third-order valence-corrected chi connectivity index (χ3v) is 3.36. The Kier molecular flexibility index (Phi) is 3.86. The molecule has 0 radical (unpaired) electrons. The van der Waals surface area contributed by atoms with E-state index < -0.39 is 9.67 Å². The normalized spacial score (nSPS) is 11.6. The minimum Gasteiger partial charge on any atom is -0.100 e. The van der Waals surface area contributed by atoms with Crippen molar-refractivity contribution in [2.45, 2.75) is 9.67 Å². The van der Waals surface area contributed by atoms with E-state index in [0.29, 0.717) is 0 Å². The zero-order valence-electron chi connectivity index (χ0n) is 8.13. The number of halogens is 4. The van der Waals surface area contributed by atoms with Crippen LogP contribution >= 0.6 is 46.4 Å². The minimum atomic E-state index is -0.625. The lowest BCUT2D eigenvalue weighted by atomic mass is 10.0. The molecule has 0 unspecified atom stereocenters. The molecular weight excluding hydrogens is 286 g/mol. The molecule has 2 rings (SSSR count). The topological polar surface area (TPSA) is 0 Å². The van der Waals surface area contributed by atoms with Crippen LogP contribution in [0, 0.1) is 0 Å². The average molecular weight is 294 g/mol. The Hall–Kier alpha value is -0.140. The van der Waals surface area contributed by atoms with Crippen LogP contribution in [0.1, 0.15) is 20.8 Å². The van der Waals surface area contributed by atoms with Crippen LogP contribution in [0.2, 0.25) is 0 Å². The van der Waals surface area contributed by atoms with Gasteiger partial charge in [-0.05, 0) is 34.0 Å². The monoisotopic (exact) mass is 292 g/mol. The van der Waals surface area contributed by atoms with Crippen molar-refractivity contribution < 1.29 is 0 Å². The number of benzene rings is 2. The molecule has 0 heterocycles. The van der Waals surface area contributed by atoms with E-state index in [1.807, 2.05) is 36.4 Å². The van der Waals surface area contributed by atoms with Crippen LogP contribution in [0.25, 0.3) is 10.8 Å². The maximum absolute atomic E-state index is 5.90. The van der Waals surface area contributed by atoms with E-state index >= 15 is 0 Å². The van der Waals surface area contributed by atoms with Crippen molar-refractivity contribution in [2.75, 3.05) is 0 Å². The molecule has 84 valence electrons. The summed E-state index contributed by atoms with van der Waals surface area (Å²) in [5.74, 6) is 0. The lowest BCUT2D eigenvalue weighted by molar-refractivity contribution is 1.23. The fourth-order valence-corrected chi connectivity index (χ4v) is 2.41. The van der Waals surface area contributed by atoms with Gasteiger partial charge < -0.3 is 0 Å². The Bertz CT molecular complexity index is 459. The summed E-state index contributed by atoms with van der Waals surface area (Å²) in [6.07, 6.45) is 0. The second kappa shape index (κ2) is 5.01. The van der Waals surface area contributed by atoms with E-state index in [1.165, 1.54) is 0 Å². The Labute approximate surface area is 114 Å². The molecule has 0 nitrogen and oxygen atoms in total. The van der Waals surface area contributed by atoms with Crippen molar-refractivity contribution in [3.8, 4) is 0 Å². The zero-order chi connectivity index (χ0) is 11.7. The quantitative estimate of drug-likeness (QED) is 0.615. The zero-order valence-corrected chi connectivity index (χ0v) is 11.2. The van der Waals surface area contributed by atoms with Gasteiger partial charge in [-0.3, -0.25) is 0 Å². The molecule has 0 aliphatic heterocycles. The van der Waals surface area contributed by atoms with E-state index in [-0.39, 0.29) is 0 Å². The fraction of sp³-hybridized carbons (Fsp3) is 0.167. The average Bonchev–Trinajstić information content (AvgIpc) is 2.27. The second-order valence-corrected chi connectivity index (χ2v) is 5.62. The Morgan fingerprint density at radius 2 is 1.06 bits per heavy atom. The lowest BCUT2D eigenvalue weighted by Crippen LogP contribution is -1.93. The molecule has 2 aromatic carbocycles. The predicted molar refractivity (Wildman–Crippen MR) is 72.8 cm³/mol. The van der Waals surface area contributed by atoms with Crippen molar-refractivity contribution in [3.63, 3.8) is 0 Å². The molecule has 0 N–H and O–H groups in total. The molecule has 0 saturated heterocycles. The Morgan fingerprint density at radius 1 is 0.688 bits per heavy atom. The summed E-state index contributed by atoms with van der Waals surface area (Å²) in [7, 11) is 0. The van der Waals surface area contributed by atoms with Crippen LogP contribution in [0.5, 0.6) is 0 Å². The first-order chi connectivity index (χ1) is 7.59. The van der Waals surface area contributed by atoms with E-state index in [2.05, 4.69) is 0 Å². The Morgan fingerprint density at radius 3 is 1.38 bits per heavy atom. The number of hydrogen-bond acceptors (Lipinski definition) is 0. The summed E-state index contributed by atoms with van der Waals surface area (Å²) < 4.78 is 0. The summed E-state index contributed by atoms with van der Waals surface area (Å²) in [6, 6.07) is 11.8. The third kappa shape index (κ3) is 2.41. The molecule has 2 aromatic rings. The molecule has 0 atom stereocenters. The summed E-state index contributed by atoms with van der Waals surface area (Å²) in [5.41, 5.74) is 1.52. The van der Waals surface area contributed by atoms with E-state index in [4.69, 9.17) is 46.4 Å². The van der Waals surface area contributed by atoms with Crippen LogP contribution in [-0.4, -0.2) is 0 Å². The van der Waals surface area contributed by atoms with Crippen molar-refractivity contribution in [1.29, 1.82) is 0 Å². The highest BCUT2D eigenvalue weighted by atomic mass is 35.5. The molecule has 0 aliphatic carbocycles. The lowest BCUT2D eigenvalue weighted by Gasteiger charge is -2.12. The van der Waals surface area contributed by atoms with Crippen LogP contribution in [-0.2, 0) is 0 Å². The van der Waals surface area contributed by atoms with Crippen molar-refractivity contribution in [2.24, 2.45) is 0 Å². The summed E-state index contributed by atoms with van der Waals surface area (Å²) in [6.45, 7) is 0. The summed E-state index contributed by atoms with van der Waals surface area (Å²) in [5, 5.41) is 2.14. The van der Waals surface area contributed by atoms with Gasteiger partial charge in [0.05, 0.1) is 0 Å². The van der Waals surface area contributed by atoms with Crippen molar-refractivity contribution >= 4 is 57.2 Å².